The summed E-state index contributed by atoms with van der Waals surface area (Å²) in [6.45, 7) is 1.82. The van der Waals surface area contributed by atoms with Gasteiger partial charge in [0.2, 0.25) is 0 Å². The highest BCUT2D eigenvalue weighted by molar-refractivity contribution is 9.10. The minimum absolute atomic E-state index is 0.248. The molecule has 0 N–H and O–H groups in total. The maximum Gasteiger partial charge on any atom is 0.279 e. The van der Waals surface area contributed by atoms with Gasteiger partial charge in [-0.05, 0) is 35.0 Å². The van der Waals surface area contributed by atoms with Crippen molar-refractivity contribution in [1.82, 2.24) is 15.0 Å². The molecular formula is C12H11BrN4O. The fourth-order valence-corrected chi connectivity index (χ4v) is 1.92. The Morgan fingerprint density at radius 2 is 2.06 bits per heavy atom. The number of amides is 1. The number of carbonyl (C=O) groups is 1. The molecule has 0 aliphatic carbocycles. The molecule has 0 fully saturated rings. The van der Waals surface area contributed by atoms with Crippen molar-refractivity contribution in [2.75, 3.05) is 11.9 Å². The molecule has 2 rings (SSSR count). The number of aromatic nitrogens is 3. The van der Waals surface area contributed by atoms with Crippen LogP contribution in [0.3, 0.4) is 0 Å². The summed E-state index contributed by atoms with van der Waals surface area (Å²) in [5.41, 5.74) is 1.06. The van der Waals surface area contributed by atoms with Crippen molar-refractivity contribution < 1.29 is 4.79 Å². The molecule has 0 radical (unpaired) electrons. The minimum Gasteiger partial charge on any atom is -0.293 e. The molecule has 0 atom stereocenters. The summed E-state index contributed by atoms with van der Waals surface area (Å²) in [5, 5.41) is 0. The van der Waals surface area contributed by atoms with Gasteiger partial charge < -0.3 is 0 Å². The van der Waals surface area contributed by atoms with E-state index >= 15 is 0 Å². The Morgan fingerprint density at radius 3 is 2.67 bits per heavy atom. The van der Waals surface area contributed by atoms with Crippen molar-refractivity contribution in [2.24, 2.45) is 0 Å². The Kier molecular flexibility index (Phi) is 3.66. The van der Waals surface area contributed by atoms with E-state index in [0.717, 1.165) is 10.2 Å². The fraction of sp³-hybridized carbons (Fsp3) is 0.167. The van der Waals surface area contributed by atoms with Gasteiger partial charge in [-0.15, -0.1) is 0 Å². The van der Waals surface area contributed by atoms with Crippen LogP contribution in [0.5, 0.6) is 0 Å². The van der Waals surface area contributed by atoms with Crippen molar-refractivity contribution >= 4 is 27.7 Å². The van der Waals surface area contributed by atoms with Crippen molar-refractivity contribution in [3.63, 3.8) is 0 Å². The topological polar surface area (TPSA) is 59.0 Å². The molecule has 92 valence electrons. The Labute approximate surface area is 113 Å². The lowest BCUT2D eigenvalue weighted by atomic mass is 10.3. The molecule has 2 aromatic rings. The van der Waals surface area contributed by atoms with Crippen molar-refractivity contribution in [1.29, 1.82) is 0 Å². The molecule has 18 heavy (non-hydrogen) atoms. The van der Waals surface area contributed by atoms with Gasteiger partial charge in [0.05, 0.1) is 16.4 Å². The van der Waals surface area contributed by atoms with Crippen LogP contribution in [0.25, 0.3) is 0 Å². The number of pyridine rings is 1. The molecule has 1 amide bonds. The Hall–Kier alpha value is -1.82. The van der Waals surface area contributed by atoms with Crippen LogP contribution in [0.1, 0.15) is 16.2 Å². The molecule has 2 heterocycles. The number of halogens is 1. The van der Waals surface area contributed by atoms with Gasteiger partial charge in [0, 0.05) is 19.4 Å². The first kappa shape index (κ1) is 12.6. The van der Waals surface area contributed by atoms with E-state index in [1.165, 1.54) is 11.1 Å². The highest BCUT2D eigenvalue weighted by atomic mass is 79.9. The average molecular weight is 307 g/mol. The molecule has 5 nitrogen and oxygen atoms in total. The summed E-state index contributed by atoms with van der Waals surface area (Å²) in [4.78, 5) is 25.9. The number of carbonyl (C=O) groups excluding carboxylic acids is 1. The minimum atomic E-state index is -0.248. The first-order valence-corrected chi connectivity index (χ1v) is 6.06. The van der Waals surface area contributed by atoms with Gasteiger partial charge in [0.1, 0.15) is 11.5 Å². The van der Waals surface area contributed by atoms with Crippen LogP contribution in [0.2, 0.25) is 0 Å². The molecule has 0 aromatic carbocycles. The highest BCUT2D eigenvalue weighted by Crippen LogP contribution is 2.22. The number of aryl methyl sites for hydroxylation is 1. The first-order chi connectivity index (χ1) is 8.59. The molecule has 6 heteroatoms. The van der Waals surface area contributed by atoms with Crippen molar-refractivity contribution in [2.45, 2.75) is 6.92 Å². The SMILES string of the molecule is Cc1cnc(C(=O)N(C)c2ncccc2Br)cn1. The van der Waals surface area contributed by atoms with Crippen LogP contribution >= 0.6 is 15.9 Å². The van der Waals surface area contributed by atoms with Gasteiger partial charge in [0.25, 0.3) is 5.91 Å². The van der Waals surface area contributed by atoms with E-state index in [0.29, 0.717) is 11.5 Å². The second-order valence-electron chi connectivity index (χ2n) is 3.72. The predicted octanol–water partition coefficient (Wildman–Crippen LogP) is 2.22. The molecule has 0 saturated carbocycles. The van der Waals surface area contributed by atoms with Gasteiger partial charge in [-0.1, -0.05) is 0 Å². The largest absolute Gasteiger partial charge is 0.293 e. The summed E-state index contributed by atoms with van der Waals surface area (Å²) in [7, 11) is 1.65. The molecule has 2 aromatic heterocycles. The second kappa shape index (κ2) is 5.22. The maximum absolute atomic E-state index is 12.2. The first-order valence-electron chi connectivity index (χ1n) is 5.27. The predicted molar refractivity (Wildman–Crippen MR) is 71.4 cm³/mol. The number of hydrogen-bond acceptors (Lipinski definition) is 4. The van der Waals surface area contributed by atoms with Crippen LogP contribution in [-0.2, 0) is 0 Å². The van der Waals surface area contributed by atoms with Crippen molar-refractivity contribution in [3.05, 3.63) is 46.6 Å². The van der Waals surface area contributed by atoms with E-state index in [2.05, 4.69) is 30.9 Å². The zero-order valence-electron chi connectivity index (χ0n) is 9.96. The van der Waals surface area contributed by atoms with Crippen LogP contribution in [0.4, 0.5) is 5.82 Å². The molecule has 0 aliphatic heterocycles. The molecule has 0 saturated heterocycles. The fourth-order valence-electron chi connectivity index (χ4n) is 1.40. The molecular weight excluding hydrogens is 296 g/mol. The number of anilines is 1. The number of hydrogen-bond donors (Lipinski definition) is 0. The Balaban J connectivity index is 2.29. The standard InChI is InChI=1S/C12H11BrN4O/c1-8-6-16-10(7-15-8)12(18)17(2)11-9(13)4-3-5-14-11/h3-7H,1-2H3. The normalized spacial score (nSPS) is 10.2. The third kappa shape index (κ3) is 2.53. The van der Waals surface area contributed by atoms with E-state index < -0.39 is 0 Å². The maximum atomic E-state index is 12.2. The highest BCUT2D eigenvalue weighted by Gasteiger charge is 2.17. The summed E-state index contributed by atoms with van der Waals surface area (Å²) < 4.78 is 0.751. The van der Waals surface area contributed by atoms with E-state index in [9.17, 15) is 4.79 Å². The van der Waals surface area contributed by atoms with Gasteiger partial charge in [0.15, 0.2) is 0 Å². The van der Waals surface area contributed by atoms with Crippen molar-refractivity contribution in [3.8, 4) is 0 Å². The third-order valence-electron chi connectivity index (χ3n) is 2.36. The van der Waals surface area contributed by atoms with Crippen LogP contribution in [-0.4, -0.2) is 27.9 Å². The second-order valence-corrected chi connectivity index (χ2v) is 4.57. The lowest BCUT2D eigenvalue weighted by Gasteiger charge is -2.16. The zero-order valence-corrected chi connectivity index (χ0v) is 11.5. The van der Waals surface area contributed by atoms with Gasteiger partial charge in [-0.25, -0.2) is 9.97 Å². The molecule has 0 unspecified atom stereocenters. The smallest absolute Gasteiger partial charge is 0.279 e. The van der Waals surface area contributed by atoms with E-state index in [1.54, 1.807) is 25.5 Å². The summed E-state index contributed by atoms with van der Waals surface area (Å²) in [6, 6.07) is 3.62. The number of rotatable bonds is 2. The lowest BCUT2D eigenvalue weighted by molar-refractivity contribution is 0.0987. The number of nitrogens with zero attached hydrogens (tertiary/aromatic N) is 4. The zero-order chi connectivity index (χ0) is 13.1. The van der Waals surface area contributed by atoms with Gasteiger partial charge in [-0.3, -0.25) is 14.7 Å². The Bertz CT molecular complexity index is 571. The van der Waals surface area contributed by atoms with E-state index in [4.69, 9.17) is 0 Å². The van der Waals surface area contributed by atoms with Crippen LogP contribution < -0.4 is 4.90 Å². The third-order valence-corrected chi connectivity index (χ3v) is 2.98. The monoisotopic (exact) mass is 306 g/mol. The van der Waals surface area contributed by atoms with E-state index in [-0.39, 0.29) is 5.91 Å². The van der Waals surface area contributed by atoms with Gasteiger partial charge >= 0.3 is 0 Å². The molecule has 0 bridgehead atoms. The molecule has 0 spiro atoms. The summed E-state index contributed by atoms with van der Waals surface area (Å²) in [6.07, 6.45) is 4.66. The van der Waals surface area contributed by atoms with Gasteiger partial charge in [-0.2, -0.15) is 0 Å². The quantitative estimate of drug-likeness (QED) is 0.853. The van der Waals surface area contributed by atoms with Crippen LogP contribution in [0.15, 0.2) is 35.2 Å². The lowest BCUT2D eigenvalue weighted by Crippen LogP contribution is -2.28. The van der Waals surface area contributed by atoms with E-state index in [1.807, 2.05) is 13.0 Å². The summed E-state index contributed by atoms with van der Waals surface area (Å²) >= 11 is 3.36. The average Bonchev–Trinajstić information content (AvgIpc) is 2.38. The van der Waals surface area contributed by atoms with Crippen LogP contribution in [0, 0.1) is 6.92 Å². The molecule has 0 aliphatic rings. The summed E-state index contributed by atoms with van der Waals surface area (Å²) in [5.74, 6) is 0.298. The Morgan fingerprint density at radius 1 is 1.28 bits per heavy atom.